The Hall–Kier alpha value is -0.880. The first-order chi connectivity index (χ1) is 8.87. The topological polar surface area (TPSA) is 54.5 Å². The van der Waals surface area contributed by atoms with Crippen molar-refractivity contribution in [3.63, 3.8) is 0 Å². The molecule has 102 valence electrons. The van der Waals surface area contributed by atoms with Crippen LogP contribution in [-0.2, 0) is 14.6 Å². The van der Waals surface area contributed by atoms with Gasteiger partial charge in [-0.25, -0.2) is 8.42 Å². The fourth-order valence-corrected chi connectivity index (χ4v) is 5.39. The second-order valence-corrected chi connectivity index (χ2v) is 8.31. The first kappa shape index (κ1) is 13.1. The molecule has 2 atom stereocenters. The van der Waals surface area contributed by atoms with E-state index in [-0.39, 0.29) is 29.4 Å². The zero-order valence-electron chi connectivity index (χ0n) is 10.5. The maximum absolute atomic E-state index is 12.1. The fraction of sp³-hybridized carbons (Fsp3) is 0.462. The number of sulfone groups is 1. The number of anilines is 1. The molecule has 19 heavy (non-hydrogen) atoms. The molecular formula is C13H14BrNO3S. The van der Waals surface area contributed by atoms with Crippen LogP contribution in [0.4, 0.5) is 5.69 Å². The van der Waals surface area contributed by atoms with E-state index in [1.807, 2.05) is 25.1 Å². The number of halogens is 1. The smallest absolute Gasteiger partial charge is 0.227 e. The van der Waals surface area contributed by atoms with E-state index in [4.69, 9.17) is 0 Å². The Bertz CT molecular complexity index is 656. The summed E-state index contributed by atoms with van der Waals surface area (Å²) in [5.41, 5.74) is 1.87. The number of hydrogen-bond donors (Lipinski definition) is 0. The number of carbonyl (C=O) groups excluding carboxylic acids is 1. The van der Waals surface area contributed by atoms with Gasteiger partial charge in [0.2, 0.25) is 5.91 Å². The third kappa shape index (κ3) is 2.21. The molecule has 2 saturated heterocycles. The van der Waals surface area contributed by atoms with Crippen LogP contribution in [0.25, 0.3) is 0 Å². The predicted molar refractivity (Wildman–Crippen MR) is 76.9 cm³/mol. The molecule has 2 unspecified atom stereocenters. The number of amides is 1. The van der Waals surface area contributed by atoms with Crippen molar-refractivity contribution >= 4 is 37.4 Å². The van der Waals surface area contributed by atoms with Crippen LogP contribution in [0, 0.1) is 12.8 Å². The first-order valence-corrected chi connectivity index (χ1v) is 8.77. The quantitative estimate of drug-likeness (QED) is 0.782. The number of rotatable bonds is 1. The Morgan fingerprint density at radius 2 is 2.05 bits per heavy atom. The van der Waals surface area contributed by atoms with Crippen LogP contribution in [-0.4, -0.2) is 31.9 Å². The molecule has 2 aliphatic heterocycles. The Balaban J connectivity index is 1.99. The van der Waals surface area contributed by atoms with Crippen molar-refractivity contribution in [2.45, 2.75) is 19.4 Å². The zero-order valence-corrected chi connectivity index (χ0v) is 12.9. The zero-order chi connectivity index (χ0) is 13.8. The molecule has 0 radical (unpaired) electrons. The second-order valence-electron chi connectivity index (χ2n) is 5.31. The van der Waals surface area contributed by atoms with Crippen molar-refractivity contribution in [3.05, 3.63) is 28.2 Å². The summed E-state index contributed by atoms with van der Waals surface area (Å²) in [6.07, 6.45) is 0.343. The molecule has 1 amide bonds. The summed E-state index contributed by atoms with van der Waals surface area (Å²) in [4.78, 5) is 13.8. The molecule has 0 spiro atoms. The Labute approximate surface area is 120 Å². The van der Waals surface area contributed by atoms with Crippen molar-refractivity contribution in [1.82, 2.24) is 0 Å². The molecule has 1 aromatic carbocycles. The lowest BCUT2D eigenvalue weighted by Crippen LogP contribution is -2.36. The van der Waals surface area contributed by atoms with Crippen molar-refractivity contribution in [2.75, 3.05) is 16.4 Å². The lowest BCUT2D eigenvalue weighted by Gasteiger charge is -2.23. The van der Waals surface area contributed by atoms with Gasteiger partial charge >= 0.3 is 0 Å². The average Bonchev–Trinajstić information content (AvgIpc) is 2.73. The lowest BCUT2D eigenvalue weighted by atomic mass is 10.0. The number of nitrogens with zero attached hydrogens (tertiary/aromatic N) is 1. The van der Waals surface area contributed by atoms with E-state index in [9.17, 15) is 13.2 Å². The molecule has 3 rings (SSSR count). The number of aryl methyl sites for hydroxylation is 1. The standard InChI is InChI=1S/C13H14BrNO3S/c1-8-2-3-10(5-11(8)14)15-12-7-19(17,18)6-9(12)4-13(15)16/h2-3,5,9,12H,4,6-7H2,1H3. The highest BCUT2D eigenvalue weighted by Gasteiger charge is 2.49. The van der Waals surface area contributed by atoms with Gasteiger partial charge in [-0.15, -0.1) is 0 Å². The summed E-state index contributed by atoms with van der Waals surface area (Å²) in [7, 11) is -2.99. The van der Waals surface area contributed by atoms with E-state index in [2.05, 4.69) is 15.9 Å². The SMILES string of the molecule is Cc1ccc(N2C(=O)CC3CS(=O)(=O)CC32)cc1Br. The van der Waals surface area contributed by atoms with E-state index < -0.39 is 9.84 Å². The summed E-state index contributed by atoms with van der Waals surface area (Å²) in [5, 5.41) is 0. The Kier molecular flexibility index (Phi) is 2.98. The van der Waals surface area contributed by atoms with Gasteiger partial charge in [0.05, 0.1) is 17.5 Å². The highest BCUT2D eigenvalue weighted by atomic mass is 79.9. The molecule has 6 heteroatoms. The van der Waals surface area contributed by atoms with E-state index in [1.165, 1.54) is 0 Å². The highest BCUT2D eigenvalue weighted by molar-refractivity contribution is 9.10. The van der Waals surface area contributed by atoms with Gasteiger partial charge in [0.25, 0.3) is 0 Å². The molecule has 0 saturated carbocycles. The van der Waals surface area contributed by atoms with Gasteiger partial charge in [-0.1, -0.05) is 22.0 Å². The minimum absolute atomic E-state index is 0.0284. The van der Waals surface area contributed by atoms with Crippen LogP contribution in [0.5, 0.6) is 0 Å². The lowest BCUT2D eigenvalue weighted by molar-refractivity contribution is -0.117. The van der Waals surface area contributed by atoms with Gasteiger partial charge in [-0.3, -0.25) is 4.79 Å². The van der Waals surface area contributed by atoms with Crippen molar-refractivity contribution in [1.29, 1.82) is 0 Å². The van der Waals surface area contributed by atoms with Crippen LogP contribution in [0.15, 0.2) is 22.7 Å². The van der Waals surface area contributed by atoms with Gasteiger partial charge in [-0.05, 0) is 24.6 Å². The third-order valence-electron chi connectivity index (χ3n) is 3.91. The minimum atomic E-state index is -2.99. The highest BCUT2D eigenvalue weighted by Crippen LogP contribution is 2.38. The van der Waals surface area contributed by atoms with Crippen LogP contribution in [0.1, 0.15) is 12.0 Å². The third-order valence-corrected chi connectivity index (χ3v) is 6.55. The molecule has 2 aliphatic rings. The first-order valence-electron chi connectivity index (χ1n) is 6.16. The summed E-state index contributed by atoms with van der Waals surface area (Å²) >= 11 is 3.45. The molecule has 0 aliphatic carbocycles. The second kappa shape index (κ2) is 4.31. The molecule has 0 aromatic heterocycles. The van der Waals surface area contributed by atoms with E-state index in [0.717, 1.165) is 15.7 Å². The van der Waals surface area contributed by atoms with Gasteiger partial charge in [0.15, 0.2) is 9.84 Å². The molecule has 0 N–H and O–H groups in total. The van der Waals surface area contributed by atoms with E-state index >= 15 is 0 Å². The molecule has 2 fully saturated rings. The number of fused-ring (bicyclic) bond motifs is 1. The normalized spacial score (nSPS) is 28.7. The summed E-state index contributed by atoms with van der Waals surface area (Å²) in [5.74, 6) is 0.222. The summed E-state index contributed by atoms with van der Waals surface area (Å²) in [6, 6.07) is 5.52. The summed E-state index contributed by atoms with van der Waals surface area (Å²) < 4.78 is 24.3. The van der Waals surface area contributed by atoms with Gasteiger partial charge in [-0.2, -0.15) is 0 Å². The van der Waals surface area contributed by atoms with E-state index in [0.29, 0.717) is 6.42 Å². The maximum atomic E-state index is 12.1. The van der Waals surface area contributed by atoms with Gasteiger partial charge in [0.1, 0.15) is 0 Å². The van der Waals surface area contributed by atoms with Crippen LogP contribution in [0.2, 0.25) is 0 Å². The maximum Gasteiger partial charge on any atom is 0.227 e. The van der Waals surface area contributed by atoms with Crippen LogP contribution < -0.4 is 4.90 Å². The summed E-state index contributed by atoms with van der Waals surface area (Å²) in [6.45, 7) is 1.97. The minimum Gasteiger partial charge on any atom is -0.308 e. The average molecular weight is 344 g/mol. The van der Waals surface area contributed by atoms with E-state index in [1.54, 1.807) is 4.90 Å². The monoisotopic (exact) mass is 343 g/mol. The predicted octanol–water partition coefficient (Wildman–Crippen LogP) is 1.91. The molecule has 2 heterocycles. The number of hydrogen-bond acceptors (Lipinski definition) is 3. The Morgan fingerprint density at radius 1 is 1.32 bits per heavy atom. The largest absolute Gasteiger partial charge is 0.308 e. The van der Waals surface area contributed by atoms with Crippen LogP contribution >= 0.6 is 15.9 Å². The fourth-order valence-electron chi connectivity index (χ4n) is 2.96. The van der Waals surface area contributed by atoms with Crippen molar-refractivity contribution in [2.24, 2.45) is 5.92 Å². The Morgan fingerprint density at radius 3 is 2.74 bits per heavy atom. The number of carbonyl (C=O) groups is 1. The van der Waals surface area contributed by atoms with Crippen molar-refractivity contribution < 1.29 is 13.2 Å². The van der Waals surface area contributed by atoms with Gasteiger partial charge < -0.3 is 4.90 Å². The van der Waals surface area contributed by atoms with Gasteiger partial charge in [0, 0.05) is 22.5 Å². The number of benzene rings is 1. The molecular weight excluding hydrogens is 330 g/mol. The molecule has 4 nitrogen and oxygen atoms in total. The van der Waals surface area contributed by atoms with Crippen LogP contribution in [0.3, 0.4) is 0 Å². The molecule has 0 bridgehead atoms. The van der Waals surface area contributed by atoms with Crippen molar-refractivity contribution in [3.8, 4) is 0 Å². The molecule has 1 aromatic rings.